The van der Waals surface area contributed by atoms with Crippen molar-refractivity contribution in [3.05, 3.63) is 53.9 Å². The van der Waals surface area contributed by atoms with E-state index in [1.165, 1.54) is 6.07 Å². The lowest BCUT2D eigenvalue weighted by Crippen LogP contribution is -2.34. The lowest BCUT2D eigenvalue weighted by atomic mass is 9.81. The summed E-state index contributed by atoms with van der Waals surface area (Å²) in [6.07, 6.45) is 1.71. The summed E-state index contributed by atoms with van der Waals surface area (Å²) in [5, 5.41) is 0. The minimum atomic E-state index is -5.20. The Hall–Kier alpha value is -2.12. The number of hydrogen-bond donors (Lipinski definition) is 0. The number of halogens is 5. The molecular weight excluding hydrogens is 280 g/mol. The van der Waals surface area contributed by atoms with Crippen LogP contribution in [0.3, 0.4) is 0 Å². The second kappa shape index (κ2) is 5.48. The molecule has 0 aliphatic heterocycles. The van der Waals surface area contributed by atoms with Crippen LogP contribution in [0.15, 0.2) is 36.7 Å². The van der Waals surface area contributed by atoms with Crippen LogP contribution in [0.2, 0.25) is 0 Å². The zero-order valence-electron chi connectivity index (χ0n) is 9.99. The van der Waals surface area contributed by atoms with Crippen molar-refractivity contribution < 1.29 is 26.5 Å². The highest BCUT2D eigenvalue weighted by Gasteiger charge is 2.26. The molecule has 106 valence electrons. The van der Waals surface area contributed by atoms with E-state index in [-0.39, 0.29) is 11.3 Å². The van der Waals surface area contributed by atoms with Crippen molar-refractivity contribution in [3.8, 4) is 5.75 Å². The summed E-state index contributed by atoms with van der Waals surface area (Å²) in [4.78, 5) is 3.39. The van der Waals surface area contributed by atoms with Crippen LogP contribution in [0.25, 0.3) is 0 Å². The molecule has 1 aromatic carbocycles. The van der Waals surface area contributed by atoms with E-state index in [0.717, 1.165) is 24.4 Å². The first-order valence-corrected chi connectivity index (χ1v) is 5.58. The molecule has 1 heterocycles. The summed E-state index contributed by atoms with van der Waals surface area (Å²) in [5.41, 5.74) is -1.29. The van der Waals surface area contributed by atoms with Crippen molar-refractivity contribution in [2.75, 3.05) is 0 Å². The standard InChI is InChI=1S/C12H8BF5NO/c14-11-2-1-3-12(15)10(11)7-20-9-4-8(5-19-6-9)13(16,17)18/h1-6H,7H2/q-1. The van der Waals surface area contributed by atoms with Gasteiger partial charge in [0.05, 0.1) is 11.8 Å². The topological polar surface area (TPSA) is 22.1 Å². The number of ether oxygens (including phenoxy) is 1. The van der Waals surface area contributed by atoms with E-state index >= 15 is 0 Å². The molecule has 0 spiro atoms. The SMILES string of the molecule is Fc1cccc(F)c1COc1cncc([B-](F)(F)F)c1. The van der Waals surface area contributed by atoms with Gasteiger partial charge >= 0.3 is 6.98 Å². The third-order valence-electron chi connectivity index (χ3n) is 2.56. The molecule has 1 aromatic heterocycles. The Morgan fingerprint density at radius 3 is 2.30 bits per heavy atom. The number of aromatic nitrogens is 1. The summed E-state index contributed by atoms with van der Waals surface area (Å²) in [5.74, 6) is -1.85. The van der Waals surface area contributed by atoms with Gasteiger partial charge in [0.2, 0.25) is 0 Å². The molecule has 0 saturated heterocycles. The molecule has 0 amide bonds. The summed E-state index contributed by atoms with van der Waals surface area (Å²) >= 11 is 0. The van der Waals surface area contributed by atoms with E-state index in [1.54, 1.807) is 0 Å². The lowest BCUT2D eigenvalue weighted by Gasteiger charge is -2.15. The molecule has 0 N–H and O–H groups in total. The molecule has 2 rings (SSSR count). The molecule has 2 nitrogen and oxygen atoms in total. The fourth-order valence-corrected chi connectivity index (χ4v) is 1.52. The first kappa shape index (κ1) is 14.3. The van der Waals surface area contributed by atoms with Crippen molar-refractivity contribution in [1.82, 2.24) is 4.98 Å². The molecular formula is C12H8BF5NO-. The smallest absolute Gasteiger partial charge is 0.487 e. The minimum absolute atomic E-state index is 0.204. The van der Waals surface area contributed by atoms with Gasteiger partial charge in [0.15, 0.2) is 0 Å². The zero-order valence-corrected chi connectivity index (χ0v) is 9.99. The van der Waals surface area contributed by atoms with E-state index in [4.69, 9.17) is 4.74 Å². The van der Waals surface area contributed by atoms with Gasteiger partial charge in [-0.05, 0) is 18.2 Å². The fourth-order valence-electron chi connectivity index (χ4n) is 1.52. The summed E-state index contributed by atoms with van der Waals surface area (Å²) in [6, 6.07) is 4.00. The predicted molar refractivity (Wildman–Crippen MR) is 63.6 cm³/mol. The van der Waals surface area contributed by atoms with Gasteiger partial charge in [-0.1, -0.05) is 11.5 Å². The monoisotopic (exact) mass is 288 g/mol. The number of benzene rings is 1. The Kier molecular flexibility index (Phi) is 3.92. The molecule has 20 heavy (non-hydrogen) atoms. The van der Waals surface area contributed by atoms with Crippen molar-refractivity contribution in [3.63, 3.8) is 0 Å². The summed E-state index contributed by atoms with van der Waals surface area (Å²) in [6.45, 7) is -5.72. The predicted octanol–water partition coefficient (Wildman–Crippen LogP) is 2.99. The van der Waals surface area contributed by atoms with Gasteiger partial charge in [-0.25, -0.2) is 8.78 Å². The van der Waals surface area contributed by atoms with Crippen molar-refractivity contribution >= 4 is 12.4 Å². The Morgan fingerprint density at radius 2 is 1.70 bits per heavy atom. The van der Waals surface area contributed by atoms with Crippen LogP contribution >= 0.6 is 0 Å². The number of rotatable bonds is 4. The Labute approximate surface area is 111 Å². The maximum atomic E-state index is 13.3. The van der Waals surface area contributed by atoms with E-state index in [0.29, 0.717) is 6.20 Å². The zero-order chi connectivity index (χ0) is 14.8. The molecule has 0 bridgehead atoms. The van der Waals surface area contributed by atoms with Crippen LogP contribution in [-0.2, 0) is 6.61 Å². The molecule has 0 radical (unpaired) electrons. The van der Waals surface area contributed by atoms with Gasteiger partial charge in [0, 0.05) is 6.20 Å². The van der Waals surface area contributed by atoms with Gasteiger partial charge in [-0.2, -0.15) is 0 Å². The Morgan fingerprint density at radius 1 is 1.05 bits per heavy atom. The second-order valence-corrected chi connectivity index (χ2v) is 4.02. The van der Waals surface area contributed by atoms with Crippen LogP contribution in [0.1, 0.15) is 5.56 Å². The van der Waals surface area contributed by atoms with Crippen LogP contribution in [-0.4, -0.2) is 12.0 Å². The van der Waals surface area contributed by atoms with E-state index in [1.807, 2.05) is 0 Å². The second-order valence-electron chi connectivity index (χ2n) is 4.02. The average Bonchev–Trinajstić information content (AvgIpc) is 2.37. The van der Waals surface area contributed by atoms with Crippen LogP contribution in [0.5, 0.6) is 5.75 Å². The lowest BCUT2D eigenvalue weighted by molar-refractivity contribution is 0.291. The number of hydrogen-bond acceptors (Lipinski definition) is 2. The maximum absolute atomic E-state index is 13.3. The van der Waals surface area contributed by atoms with Crippen LogP contribution in [0, 0.1) is 11.6 Å². The van der Waals surface area contributed by atoms with Gasteiger partial charge in [-0.15, -0.1) is 0 Å². The molecule has 0 aliphatic carbocycles. The molecule has 0 aliphatic rings. The largest absolute Gasteiger partial charge is 0.511 e. The maximum Gasteiger partial charge on any atom is 0.511 e. The van der Waals surface area contributed by atoms with Crippen molar-refractivity contribution in [1.29, 1.82) is 0 Å². The summed E-state index contributed by atoms with van der Waals surface area (Å²) in [7, 11) is 0. The summed E-state index contributed by atoms with van der Waals surface area (Å²) < 4.78 is 69.1. The highest BCUT2D eigenvalue weighted by Crippen LogP contribution is 2.17. The Bertz CT molecular complexity index is 597. The first-order chi connectivity index (χ1) is 9.38. The average molecular weight is 288 g/mol. The Balaban J connectivity index is 2.16. The van der Waals surface area contributed by atoms with Gasteiger partial charge < -0.3 is 17.7 Å². The quantitative estimate of drug-likeness (QED) is 0.637. The van der Waals surface area contributed by atoms with Crippen molar-refractivity contribution in [2.24, 2.45) is 0 Å². The molecule has 0 fully saturated rings. The van der Waals surface area contributed by atoms with Gasteiger partial charge in [0.25, 0.3) is 0 Å². The van der Waals surface area contributed by atoms with Crippen molar-refractivity contribution in [2.45, 2.75) is 6.61 Å². The molecule has 8 heteroatoms. The third kappa shape index (κ3) is 3.25. The van der Waals surface area contributed by atoms with E-state index < -0.39 is 30.7 Å². The van der Waals surface area contributed by atoms with Gasteiger partial charge in [0.1, 0.15) is 24.0 Å². The van der Waals surface area contributed by atoms with E-state index in [2.05, 4.69) is 4.98 Å². The van der Waals surface area contributed by atoms with Crippen LogP contribution < -0.4 is 10.2 Å². The molecule has 2 aromatic rings. The fraction of sp³-hybridized carbons (Fsp3) is 0.0833. The highest BCUT2D eigenvalue weighted by molar-refractivity contribution is 6.73. The highest BCUT2D eigenvalue weighted by atomic mass is 19.4. The molecule has 0 atom stereocenters. The van der Waals surface area contributed by atoms with Gasteiger partial charge in [-0.3, -0.25) is 4.98 Å². The normalized spacial score (nSPS) is 11.4. The first-order valence-electron chi connectivity index (χ1n) is 5.58. The van der Waals surface area contributed by atoms with E-state index in [9.17, 15) is 21.7 Å². The third-order valence-corrected chi connectivity index (χ3v) is 2.56. The number of nitrogens with zero attached hydrogens (tertiary/aromatic N) is 1. The van der Waals surface area contributed by atoms with Crippen LogP contribution in [0.4, 0.5) is 21.7 Å². The molecule has 0 saturated carbocycles. The minimum Gasteiger partial charge on any atom is -0.487 e. The molecule has 0 unspecified atom stereocenters. The number of pyridine rings is 1.